The second kappa shape index (κ2) is 8.78. The predicted octanol–water partition coefficient (Wildman–Crippen LogP) is 7.32. The summed E-state index contributed by atoms with van der Waals surface area (Å²) in [4.78, 5) is 21.3. The number of carbonyl (C=O) groups excluding carboxylic acids is 1. The fourth-order valence-corrected chi connectivity index (χ4v) is 4.68. The number of aromatic nitrogens is 2. The monoisotopic (exact) mass is 456 g/mol. The zero-order valence-electron chi connectivity index (χ0n) is 16.7. The number of nitrogens with one attached hydrogen (secondary N) is 2. The number of hydrogen-bond acceptors (Lipinski definition) is 4. The van der Waals surface area contributed by atoms with Crippen molar-refractivity contribution in [2.45, 2.75) is 0 Å². The molecule has 2 amide bonds. The van der Waals surface area contributed by atoms with E-state index >= 15 is 0 Å². The number of anilines is 2. The Morgan fingerprint density at radius 3 is 2.38 bits per heavy atom. The molecule has 2 N–H and O–H groups in total. The lowest BCUT2D eigenvalue weighted by molar-refractivity contribution is 0.262. The van der Waals surface area contributed by atoms with Crippen LogP contribution in [0, 0.1) is 0 Å². The van der Waals surface area contributed by atoms with Crippen LogP contribution in [0.4, 0.5) is 16.2 Å². The maximum atomic E-state index is 12.3. The summed E-state index contributed by atoms with van der Waals surface area (Å²) in [5, 5.41) is 8.28. The first-order valence-corrected chi connectivity index (χ1v) is 11.1. The molecule has 0 saturated carbocycles. The van der Waals surface area contributed by atoms with Crippen LogP contribution in [-0.2, 0) is 0 Å². The van der Waals surface area contributed by atoms with Crippen molar-refractivity contribution in [3.63, 3.8) is 0 Å². The van der Waals surface area contributed by atoms with Crippen molar-refractivity contribution in [2.75, 3.05) is 10.6 Å². The third-order valence-electron chi connectivity index (χ3n) is 4.94. The van der Waals surface area contributed by atoms with Crippen LogP contribution in [0.1, 0.15) is 0 Å². The number of fused-ring (bicyclic) bond motifs is 1. The van der Waals surface area contributed by atoms with Gasteiger partial charge in [-0.2, -0.15) is 0 Å². The molecule has 0 bridgehead atoms. The van der Waals surface area contributed by atoms with Gasteiger partial charge >= 0.3 is 6.03 Å². The minimum atomic E-state index is -0.338. The highest BCUT2D eigenvalue weighted by atomic mass is 35.5. The second-order valence-corrected chi connectivity index (χ2v) is 8.40. The van der Waals surface area contributed by atoms with Gasteiger partial charge in [0.05, 0.1) is 15.9 Å². The molecule has 5 aromatic rings. The topological polar surface area (TPSA) is 66.9 Å². The van der Waals surface area contributed by atoms with Gasteiger partial charge in [-0.3, -0.25) is 0 Å². The zero-order chi connectivity index (χ0) is 21.9. The largest absolute Gasteiger partial charge is 0.323 e. The van der Waals surface area contributed by atoms with Crippen molar-refractivity contribution < 1.29 is 4.79 Å². The summed E-state index contributed by atoms with van der Waals surface area (Å²) in [6.45, 7) is 0. The van der Waals surface area contributed by atoms with E-state index in [9.17, 15) is 4.79 Å². The molecular weight excluding hydrogens is 440 g/mol. The van der Waals surface area contributed by atoms with E-state index in [0.29, 0.717) is 16.4 Å². The van der Waals surface area contributed by atoms with Crippen LogP contribution in [-0.4, -0.2) is 16.0 Å². The fourth-order valence-electron chi connectivity index (χ4n) is 3.45. The number of nitrogens with zero attached hydrogens (tertiary/aromatic N) is 2. The van der Waals surface area contributed by atoms with Gasteiger partial charge in [0.25, 0.3) is 0 Å². The van der Waals surface area contributed by atoms with Crippen LogP contribution >= 0.6 is 22.9 Å². The molecule has 156 valence electrons. The Labute approximate surface area is 193 Å². The van der Waals surface area contributed by atoms with Gasteiger partial charge in [-0.15, -0.1) is 11.3 Å². The number of thiophene rings is 1. The molecule has 5 rings (SSSR count). The summed E-state index contributed by atoms with van der Waals surface area (Å²) < 4.78 is 1.03. The summed E-state index contributed by atoms with van der Waals surface area (Å²) in [5.41, 5.74) is 6.31. The Kier molecular flexibility index (Phi) is 5.54. The van der Waals surface area contributed by atoms with E-state index in [1.807, 2.05) is 42.5 Å². The van der Waals surface area contributed by atoms with Gasteiger partial charge in [0.15, 0.2) is 0 Å². The molecule has 0 aliphatic rings. The van der Waals surface area contributed by atoms with Crippen molar-refractivity contribution in [1.82, 2.24) is 9.97 Å². The number of halogens is 1. The Balaban J connectivity index is 1.37. The van der Waals surface area contributed by atoms with Crippen molar-refractivity contribution in [1.29, 1.82) is 0 Å². The maximum absolute atomic E-state index is 12.3. The lowest BCUT2D eigenvalue weighted by Crippen LogP contribution is -2.19. The Hall–Kier alpha value is -3.74. The van der Waals surface area contributed by atoms with Gasteiger partial charge in [0.2, 0.25) is 0 Å². The van der Waals surface area contributed by atoms with Crippen molar-refractivity contribution in [2.24, 2.45) is 0 Å². The number of benzene rings is 3. The predicted molar refractivity (Wildman–Crippen MR) is 132 cm³/mol. The standard InChI is InChI=1S/C25H17ClN4OS/c26-18-7-4-8-20(13-18)30-25(31)29-19-11-9-17(10-12-19)22-24-23(28-15-27-22)21(14-32-24)16-5-2-1-3-6-16/h1-15H,(H2,29,30,31). The van der Waals surface area contributed by atoms with Gasteiger partial charge in [-0.25, -0.2) is 14.8 Å². The highest BCUT2D eigenvalue weighted by molar-refractivity contribution is 7.18. The first-order chi connectivity index (χ1) is 15.7. The normalized spacial score (nSPS) is 10.8. The van der Waals surface area contributed by atoms with Crippen molar-refractivity contribution in [3.05, 3.63) is 95.6 Å². The number of urea groups is 1. The molecular formula is C25H17ClN4OS. The van der Waals surface area contributed by atoms with E-state index in [1.165, 1.54) is 0 Å². The minimum Gasteiger partial charge on any atom is -0.308 e. The molecule has 0 aliphatic carbocycles. The molecule has 0 aliphatic heterocycles. The third-order valence-corrected chi connectivity index (χ3v) is 6.15. The molecule has 0 unspecified atom stereocenters. The molecule has 0 fully saturated rings. The van der Waals surface area contributed by atoms with E-state index in [0.717, 1.165) is 32.6 Å². The molecule has 2 heterocycles. The Morgan fingerprint density at radius 1 is 0.812 bits per heavy atom. The number of carbonyl (C=O) groups is 1. The quantitative estimate of drug-likeness (QED) is 0.297. The molecule has 5 nitrogen and oxygen atoms in total. The van der Waals surface area contributed by atoms with E-state index < -0.39 is 0 Å². The SMILES string of the molecule is O=C(Nc1ccc(-c2ncnc3c(-c4ccccc4)csc23)cc1)Nc1cccc(Cl)c1. The van der Waals surface area contributed by atoms with Crippen LogP contribution in [0.5, 0.6) is 0 Å². The van der Waals surface area contributed by atoms with Crippen LogP contribution in [0.25, 0.3) is 32.6 Å². The molecule has 2 aromatic heterocycles. The number of amides is 2. The fraction of sp³-hybridized carbons (Fsp3) is 0. The maximum Gasteiger partial charge on any atom is 0.323 e. The average molecular weight is 457 g/mol. The molecule has 0 radical (unpaired) electrons. The Bertz CT molecular complexity index is 1400. The van der Waals surface area contributed by atoms with E-state index in [1.54, 1.807) is 41.9 Å². The third kappa shape index (κ3) is 4.19. The minimum absolute atomic E-state index is 0.338. The molecule has 7 heteroatoms. The molecule has 0 spiro atoms. The first kappa shape index (κ1) is 20.2. The Morgan fingerprint density at radius 2 is 1.59 bits per heavy atom. The van der Waals surface area contributed by atoms with Gasteiger partial charge in [0, 0.05) is 32.9 Å². The summed E-state index contributed by atoms with van der Waals surface area (Å²) in [7, 11) is 0. The molecule has 32 heavy (non-hydrogen) atoms. The second-order valence-electron chi connectivity index (χ2n) is 7.08. The summed E-state index contributed by atoms with van der Waals surface area (Å²) in [5.74, 6) is 0. The lowest BCUT2D eigenvalue weighted by Gasteiger charge is -2.09. The number of rotatable bonds is 4. The average Bonchev–Trinajstić information content (AvgIpc) is 3.24. The summed E-state index contributed by atoms with van der Waals surface area (Å²) >= 11 is 7.59. The van der Waals surface area contributed by atoms with Crippen LogP contribution in [0.3, 0.4) is 0 Å². The lowest BCUT2D eigenvalue weighted by atomic mass is 10.1. The smallest absolute Gasteiger partial charge is 0.308 e. The van der Waals surface area contributed by atoms with Gasteiger partial charge < -0.3 is 10.6 Å². The molecule has 3 aromatic carbocycles. The molecule has 0 saturated heterocycles. The number of hydrogen-bond donors (Lipinski definition) is 2. The summed E-state index contributed by atoms with van der Waals surface area (Å²) in [6.07, 6.45) is 1.60. The van der Waals surface area contributed by atoms with E-state index in [4.69, 9.17) is 11.6 Å². The van der Waals surface area contributed by atoms with E-state index in [-0.39, 0.29) is 6.03 Å². The van der Waals surface area contributed by atoms with Crippen LogP contribution in [0.2, 0.25) is 5.02 Å². The van der Waals surface area contributed by atoms with Gasteiger partial charge in [0.1, 0.15) is 6.33 Å². The van der Waals surface area contributed by atoms with Gasteiger partial charge in [-0.1, -0.05) is 60.1 Å². The highest BCUT2D eigenvalue weighted by Gasteiger charge is 2.13. The van der Waals surface area contributed by atoms with Crippen molar-refractivity contribution >= 4 is 50.6 Å². The van der Waals surface area contributed by atoms with Crippen LogP contribution < -0.4 is 10.6 Å². The first-order valence-electron chi connectivity index (χ1n) is 9.89. The van der Waals surface area contributed by atoms with Crippen molar-refractivity contribution in [3.8, 4) is 22.4 Å². The van der Waals surface area contributed by atoms with Gasteiger partial charge in [-0.05, 0) is 35.9 Å². The van der Waals surface area contributed by atoms with Crippen LogP contribution in [0.15, 0.2) is 90.6 Å². The highest BCUT2D eigenvalue weighted by Crippen LogP contribution is 2.37. The zero-order valence-corrected chi connectivity index (χ0v) is 18.3. The van der Waals surface area contributed by atoms with E-state index in [2.05, 4.69) is 38.1 Å². The molecule has 0 atom stereocenters. The summed E-state index contributed by atoms with van der Waals surface area (Å²) in [6, 6.07) is 24.5.